The average molecular weight is 393 g/mol. The number of methoxy groups -OCH3 is 1. The predicted molar refractivity (Wildman–Crippen MR) is 109 cm³/mol. The lowest BCUT2D eigenvalue weighted by Gasteiger charge is -2.32. The molecule has 3 aromatic rings. The zero-order valence-corrected chi connectivity index (χ0v) is 16.4. The maximum atomic E-state index is 14.0. The van der Waals surface area contributed by atoms with Crippen LogP contribution >= 0.6 is 0 Å². The third-order valence-corrected chi connectivity index (χ3v) is 5.42. The highest BCUT2D eigenvalue weighted by molar-refractivity contribution is 5.98. The first-order valence-corrected chi connectivity index (χ1v) is 9.83. The number of ketones is 1. The van der Waals surface area contributed by atoms with E-state index in [-0.39, 0.29) is 17.5 Å². The van der Waals surface area contributed by atoms with Crippen molar-refractivity contribution in [3.63, 3.8) is 0 Å². The van der Waals surface area contributed by atoms with Crippen LogP contribution in [0.1, 0.15) is 28.8 Å². The number of nitrogens with zero attached hydrogens (tertiary/aromatic N) is 3. The van der Waals surface area contributed by atoms with Gasteiger partial charge in [0.05, 0.1) is 12.8 Å². The number of hydrogen-bond acceptors (Lipinski definition) is 4. The number of rotatable bonds is 6. The van der Waals surface area contributed by atoms with Crippen LogP contribution in [0.15, 0.2) is 60.9 Å². The Balaban J connectivity index is 1.40. The van der Waals surface area contributed by atoms with E-state index in [0.717, 1.165) is 31.6 Å². The maximum absolute atomic E-state index is 14.0. The first-order valence-electron chi connectivity index (χ1n) is 9.83. The van der Waals surface area contributed by atoms with E-state index in [2.05, 4.69) is 34.3 Å². The number of hydrogen-bond donors (Lipinski definition) is 0. The Morgan fingerprint density at radius 2 is 2.07 bits per heavy atom. The quantitative estimate of drug-likeness (QED) is 0.591. The molecule has 1 saturated heterocycles. The minimum atomic E-state index is -0.497. The number of piperidine rings is 1. The minimum Gasteiger partial charge on any atom is -0.494 e. The summed E-state index contributed by atoms with van der Waals surface area (Å²) in [4.78, 5) is 15.2. The van der Waals surface area contributed by atoms with Crippen molar-refractivity contribution in [1.82, 2.24) is 14.7 Å². The zero-order valence-electron chi connectivity index (χ0n) is 16.4. The molecule has 0 saturated carbocycles. The van der Waals surface area contributed by atoms with Gasteiger partial charge < -0.3 is 4.74 Å². The molecule has 0 N–H and O–H groups in total. The smallest absolute Gasteiger partial charge is 0.167 e. The van der Waals surface area contributed by atoms with Gasteiger partial charge in [0.2, 0.25) is 0 Å². The fraction of sp³-hybridized carbons (Fsp3) is 0.304. The molecule has 1 aromatic heterocycles. The fourth-order valence-corrected chi connectivity index (χ4v) is 3.90. The van der Waals surface area contributed by atoms with Crippen LogP contribution < -0.4 is 4.74 Å². The lowest BCUT2D eigenvalue weighted by Crippen LogP contribution is -2.38. The van der Waals surface area contributed by atoms with E-state index in [1.54, 1.807) is 12.3 Å². The molecule has 1 fully saturated rings. The van der Waals surface area contributed by atoms with Crippen molar-refractivity contribution in [2.24, 2.45) is 5.92 Å². The van der Waals surface area contributed by atoms with Gasteiger partial charge in [-0.2, -0.15) is 5.10 Å². The Kier molecular flexibility index (Phi) is 5.71. The Bertz CT molecular complexity index is 970. The second-order valence-electron chi connectivity index (χ2n) is 7.40. The number of Topliss-reactive ketones (excluding diaryl/α,β-unsaturated/α-hetero) is 1. The molecule has 1 aliphatic rings. The molecule has 4 rings (SSSR count). The van der Waals surface area contributed by atoms with Gasteiger partial charge in [-0.15, -0.1) is 0 Å². The molecular weight excluding hydrogens is 369 g/mol. The van der Waals surface area contributed by atoms with Gasteiger partial charge in [-0.25, -0.2) is 9.07 Å². The molecule has 0 bridgehead atoms. The molecule has 0 aliphatic carbocycles. The predicted octanol–water partition coefficient (Wildman–Crippen LogP) is 4.11. The van der Waals surface area contributed by atoms with E-state index in [0.29, 0.717) is 12.1 Å². The van der Waals surface area contributed by atoms with Crippen LogP contribution in [0.4, 0.5) is 4.39 Å². The number of likely N-dealkylation sites (tertiary alicyclic amines) is 1. The van der Waals surface area contributed by atoms with E-state index in [1.165, 1.54) is 24.8 Å². The third-order valence-electron chi connectivity index (χ3n) is 5.42. The summed E-state index contributed by atoms with van der Waals surface area (Å²) < 4.78 is 20.8. The average Bonchev–Trinajstić information content (AvgIpc) is 3.29. The number of carbonyl (C=O) groups excluding carboxylic acids is 1. The number of aromatic nitrogens is 2. The number of halogens is 1. The van der Waals surface area contributed by atoms with Crippen molar-refractivity contribution in [1.29, 1.82) is 0 Å². The van der Waals surface area contributed by atoms with Crippen molar-refractivity contribution < 1.29 is 13.9 Å². The van der Waals surface area contributed by atoms with Crippen molar-refractivity contribution in [3.8, 4) is 11.4 Å². The van der Waals surface area contributed by atoms with Crippen LogP contribution in [0.3, 0.4) is 0 Å². The second kappa shape index (κ2) is 8.57. The molecule has 2 aromatic carbocycles. The van der Waals surface area contributed by atoms with Gasteiger partial charge in [0.25, 0.3) is 0 Å². The lowest BCUT2D eigenvalue weighted by atomic mass is 9.89. The van der Waals surface area contributed by atoms with Crippen LogP contribution in [0.5, 0.6) is 5.75 Å². The summed E-state index contributed by atoms with van der Waals surface area (Å²) >= 11 is 0. The summed E-state index contributed by atoms with van der Waals surface area (Å²) in [6, 6.07) is 14.6. The topological polar surface area (TPSA) is 47.4 Å². The number of benzene rings is 2. The van der Waals surface area contributed by atoms with Crippen LogP contribution in [0.25, 0.3) is 5.69 Å². The largest absolute Gasteiger partial charge is 0.494 e. The highest BCUT2D eigenvalue weighted by Crippen LogP contribution is 2.25. The molecule has 1 atom stereocenters. The summed E-state index contributed by atoms with van der Waals surface area (Å²) in [5.41, 5.74) is 2.63. The number of ether oxygens (including phenoxy) is 1. The molecule has 5 nitrogen and oxygen atoms in total. The first-order chi connectivity index (χ1) is 14.1. The zero-order chi connectivity index (χ0) is 20.2. The summed E-state index contributed by atoms with van der Waals surface area (Å²) in [6.07, 6.45) is 5.47. The van der Waals surface area contributed by atoms with Gasteiger partial charge in [-0.05, 0) is 61.3 Å². The summed E-state index contributed by atoms with van der Waals surface area (Å²) in [7, 11) is 1.42. The van der Waals surface area contributed by atoms with E-state index in [9.17, 15) is 9.18 Å². The molecule has 1 aliphatic heterocycles. The maximum Gasteiger partial charge on any atom is 0.167 e. The van der Waals surface area contributed by atoms with Crippen molar-refractivity contribution >= 4 is 5.78 Å². The first kappa shape index (κ1) is 19.3. The lowest BCUT2D eigenvalue weighted by molar-refractivity contribution is 0.0811. The second-order valence-corrected chi connectivity index (χ2v) is 7.40. The van der Waals surface area contributed by atoms with Gasteiger partial charge in [0.1, 0.15) is 0 Å². The van der Waals surface area contributed by atoms with Gasteiger partial charge in [-0.3, -0.25) is 9.69 Å². The molecule has 150 valence electrons. The van der Waals surface area contributed by atoms with E-state index in [4.69, 9.17) is 4.74 Å². The van der Waals surface area contributed by atoms with Crippen LogP contribution in [-0.2, 0) is 6.54 Å². The highest BCUT2D eigenvalue weighted by Gasteiger charge is 2.27. The Morgan fingerprint density at radius 1 is 1.24 bits per heavy atom. The molecule has 6 heteroatoms. The van der Waals surface area contributed by atoms with Crippen molar-refractivity contribution in [2.45, 2.75) is 19.4 Å². The van der Waals surface area contributed by atoms with Crippen LogP contribution in [0, 0.1) is 11.7 Å². The monoisotopic (exact) mass is 393 g/mol. The van der Waals surface area contributed by atoms with Gasteiger partial charge in [0, 0.05) is 37.0 Å². The standard InChI is InChI=1S/C23H24FN3O2/c1-29-22-10-7-18(14-21(22)24)23(28)19-4-2-12-26(16-19)15-17-5-8-20(9-6-17)27-13-3-11-25-27/h3,5-11,13-14,19H,2,4,12,15-16H2,1H3. The van der Waals surface area contributed by atoms with Gasteiger partial charge >= 0.3 is 0 Å². The molecule has 0 radical (unpaired) electrons. The van der Waals surface area contributed by atoms with E-state index >= 15 is 0 Å². The fourth-order valence-electron chi connectivity index (χ4n) is 3.90. The molecule has 29 heavy (non-hydrogen) atoms. The molecule has 1 unspecified atom stereocenters. The summed E-state index contributed by atoms with van der Waals surface area (Å²) in [6.45, 7) is 2.44. The van der Waals surface area contributed by atoms with Crippen molar-refractivity contribution in [3.05, 3.63) is 77.9 Å². The molecular formula is C23H24FN3O2. The summed E-state index contributed by atoms with van der Waals surface area (Å²) in [5.74, 6) is -0.446. The Morgan fingerprint density at radius 3 is 2.76 bits per heavy atom. The van der Waals surface area contributed by atoms with Gasteiger partial charge in [0.15, 0.2) is 17.3 Å². The van der Waals surface area contributed by atoms with Crippen LogP contribution in [0.2, 0.25) is 0 Å². The Hall–Kier alpha value is -2.99. The van der Waals surface area contributed by atoms with Gasteiger partial charge in [-0.1, -0.05) is 12.1 Å². The number of carbonyl (C=O) groups is 1. The molecule has 2 heterocycles. The third kappa shape index (κ3) is 4.38. The SMILES string of the molecule is COc1ccc(C(=O)C2CCCN(Cc3ccc(-n4cccn4)cc3)C2)cc1F. The van der Waals surface area contributed by atoms with E-state index in [1.807, 2.05) is 16.9 Å². The minimum absolute atomic E-state index is 0.00489. The Labute approximate surface area is 169 Å². The highest BCUT2D eigenvalue weighted by atomic mass is 19.1. The summed E-state index contributed by atoms with van der Waals surface area (Å²) in [5, 5.41) is 4.24. The van der Waals surface area contributed by atoms with Crippen molar-refractivity contribution in [2.75, 3.05) is 20.2 Å². The normalized spacial score (nSPS) is 17.2. The molecule has 0 amide bonds. The molecule has 0 spiro atoms. The van der Waals surface area contributed by atoms with Crippen LogP contribution in [-0.4, -0.2) is 40.7 Å². The van der Waals surface area contributed by atoms with E-state index < -0.39 is 5.82 Å².